The Bertz CT molecular complexity index is 676. The predicted octanol–water partition coefficient (Wildman–Crippen LogP) is 2.05. The van der Waals surface area contributed by atoms with Crippen molar-refractivity contribution < 1.29 is 14.4 Å². The number of amides is 1. The fraction of sp³-hybridized carbons (Fsp3) is 0.333. The van der Waals surface area contributed by atoms with Gasteiger partial charge in [0.2, 0.25) is 5.91 Å². The Labute approximate surface area is 116 Å². The van der Waals surface area contributed by atoms with Gasteiger partial charge in [-0.2, -0.15) is 0 Å². The molecule has 5 nitrogen and oxygen atoms in total. The van der Waals surface area contributed by atoms with Crippen LogP contribution >= 0.6 is 0 Å². The minimum Gasteiger partial charge on any atom is -0.391 e. The molecule has 0 fully saturated rings. The van der Waals surface area contributed by atoms with Gasteiger partial charge >= 0.3 is 0 Å². The fourth-order valence-electron chi connectivity index (χ4n) is 2.68. The van der Waals surface area contributed by atoms with E-state index in [4.69, 9.17) is 4.52 Å². The summed E-state index contributed by atoms with van der Waals surface area (Å²) in [6.07, 6.45) is 0.841. The maximum absolute atomic E-state index is 11.5. The summed E-state index contributed by atoms with van der Waals surface area (Å²) in [7, 11) is 0. The number of hydrogen-bond acceptors (Lipinski definition) is 4. The third kappa shape index (κ3) is 1.91. The van der Waals surface area contributed by atoms with Gasteiger partial charge in [0.1, 0.15) is 11.5 Å². The molecule has 0 atom stereocenters. The summed E-state index contributed by atoms with van der Waals surface area (Å²) in [5.74, 6) is 0.693. The van der Waals surface area contributed by atoms with Gasteiger partial charge in [0.25, 0.3) is 0 Å². The highest BCUT2D eigenvalue weighted by Crippen LogP contribution is 2.33. The molecule has 3 rings (SSSR count). The molecule has 1 amide bonds. The van der Waals surface area contributed by atoms with Crippen LogP contribution in [0, 0.1) is 6.92 Å². The van der Waals surface area contributed by atoms with E-state index in [1.54, 1.807) is 18.7 Å². The highest BCUT2D eigenvalue weighted by atomic mass is 16.5. The van der Waals surface area contributed by atoms with Crippen LogP contribution in [-0.4, -0.2) is 22.7 Å². The molecule has 0 bridgehead atoms. The van der Waals surface area contributed by atoms with Crippen LogP contribution in [0.3, 0.4) is 0 Å². The number of aliphatic hydroxyl groups is 1. The van der Waals surface area contributed by atoms with Crippen LogP contribution in [-0.2, 0) is 17.8 Å². The maximum Gasteiger partial charge on any atom is 0.223 e. The molecular formula is C15H16N2O3. The first-order valence-corrected chi connectivity index (χ1v) is 6.59. The average molecular weight is 272 g/mol. The summed E-state index contributed by atoms with van der Waals surface area (Å²) in [4.78, 5) is 13.3. The van der Waals surface area contributed by atoms with Crippen molar-refractivity contribution >= 4 is 11.6 Å². The predicted molar refractivity (Wildman–Crippen MR) is 74.3 cm³/mol. The van der Waals surface area contributed by atoms with Crippen molar-refractivity contribution in [2.75, 3.05) is 11.4 Å². The van der Waals surface area contributed by atoms with E-state index < -0.39 is 0 Å². The molecule has 0 radical (unpaired) electrons. The van der Waals surface area contributed by atoms with E-state index in [2.05, 4.69) is 5.16 Å². The first-order valence-electron chi connectivity index (χ1n) is 6.59. The average Bonchev–Trinajstić information content (AvgIpc) is 3.00. The van der Waals surface area contributed by atoms with Gasteiger partial charge in [-0.15, -0.1) is 0 Å². The SMILES string of the molecule is CC(=O)N1CCc2cc(-c3noc(C)c3CO)ccc21. The maximum atomic E-state index is 11.5. The zero-order valence-electron chi connectivity index (χ0n) is 11.5. The van der Waals surface area contributed by atoms with Gasteiger partial charge in [0.05, 0.1) is 6.61 Å². The zero-order chi connectivity index (χ0) is 14.3. The Morgan fingerprint density at radius 3 is 3.00 bits per heavy atom. The van der Waals surface area contributed by atoms with E-state index in [-0.39, 0.29) is 12.5 Å². The second-order valence-electron chi connectivity index (χ2n) is 4.99. The summed E-state index contributed by atoms with van der Waals surface area (Å²) >= 11 is 0. The lowest BCUT2D eigenvalue weighted by Gasteiger charge is -2.14. The quantitative estimate of drug-likeness (QED) is 0.908. The van der Waals surface area contributed by atoms with Gasteiger partial charge in [-0.1, -0.05) is 11.2 Å². The van der Waals surface area contributed by atoms with E-state index in [9.17, 15) is 9.90 Å². The molecule has 1 aromatic carbocycles. The van der Waals surface area contributed by atoms with Crippen LogP contribution in [0.2, 0.25) is 0 Å². The van der Waals surface area contributed by atoms with Gasteiger partial charge in [0, 0.05) is 30.3 Å². The molecule has 20 heavy (non-hydrogen) atoms. The number of rotatable bonds is 2. The largest absolute Gasteiger partial charge is 0.391 e. The molecule has 5 heteroatoms. The number of anilines is 1. The fourth-order valence-corrected chi connectivity index (χ4v) is 2.68. The van der Waals surface area contributed by atoms with E-state index in [0.29, 0.717) is 17.0 Å². The van der Waals surface area contributed by atoms with Crippen LogP contribution in [0.4, 0.5) is 5.69 Å². The molecule has 0 aliphatic carbocycles. The second-order valence-corrected chi connectivity index (χ2v) is 4.99. The zero-order valence-corrected chi connectivity index (χ0v) is 11.5. The topological polar surface area (TPSA) is 66.6 Å². The summed E-state index contributed by atoms with van der Waals surface area (Å²) in [6.45, 7) is 3.99. The molecule has 0 saturated carbocycles. The standard InChI is InChI=1S/C15H16N2O3/c1-9-13(8-18)15(16-20-9)12-3-4-14-11(7-12)5-6-17(14)10(2)19/h3-4,7,18H,5-6,8H2,1-2H3. The normalized spacial score (nSPS) is 13.7. The molecule has 0 saturated heterocycles. The lowest BCUT2D eigenvalue weighted by atomic mass is 10.0. The number of aliphatic hydroxyl groups excluding tert-OH is 1. The van der Waals surface area contributed by atoms with Crippen LogP contribution in [0.25, 0.3) is 11.3 Å². The van der Waals surface area contributed by atoms with Crippen molar-refractivity contribution in [2.45, 2.75) is 26.9 Å². The molecule has 104 valence electrons. The molecule has 0 spiro atoms. The van der Waals surface area contributed by atoms with Crippen LogP contribution in [0.5, 0.6) is 0 Å². The van der Waals surface area contributed by atoms with Crippen molar-refractivity contribution in [1.82, 2.24) is 5.16 Å². The summed E-state index contributed by atoms with van der Waals surface area (Å²) < 4.78 is 5.15. The molecule has 1 N–H and O–H groups in total. The van der Waals surface area contributed by atoms with Crippen LogP contribution in [0.15, 0.2) is 22.7 Å². The Morgan fingerprint density at radius 2 is 2.30 bits per heavy atom. The lowest BCUT2D eigenvalue weighted by Crippen LogP contribution is -2.25. The summed E-state index contributed by atoms with van der Waals surface area (Å²) in [5.41, 5.74) is 4.39. The Hall–Kier alpha value is -2.14. The molecule has 1 aliphatic rings. The van der Waals surface area contributed by atoms with E-state index in [1.165, 1.54) is 0 Å². The first kappa shape index (κ1) is 12.9. The monoisotopic (exact) mass is 272 g/mol. The van der Waals surface area contributed by atoms with Gasteiger partial charge < -0.3 is 14.5 Å². The number of carbonyl (C=O) groups is 1. The van der Waals surface area contributed by atoms with Gasteiger partial charge in [-0.3, -0.25) is 4.79 Å². The van der Waals surface area contributed by atoms with Crippen molar-refractivity contribution in [3.8, 4) is 11.3 Å². The molecule has 0 unspecified atom stereocenters. The number of hydrogen-bond donors (Lipinski definition) is 1. The number of aromatic nitrogens is 1. The molecule has 2 aromatic rings. The van der Waals surface area contributed by atoms with Crippen molar-refractivity contribution in [2.24, 2.45) is 0 Å². The van der Waals surface area contributed by atoms with Crippen molar-refractivity contribution in [1.29, 1.82) is 0 Å². The first-order chi connectivity index (χ1) is 9.61. The summed E-state index contributed by atoms with van der Waals surface area (Å²) in [6, 6.07) is 5.87. The highest BCUT2D eigenvalue weighted by molar-refractivity contribution is 5.94. The van der Waals surface area contributed by atoms with Gasteiger partial charge in [-0.05, 0) is 31.0 Å². The lowest BCUT2D eigenvalue weighted by molar-refractivity contribution is -0.116. The molecular weight excluding hydrogens is 256 g/mol. The molecule has 1 aromatic heterocycles. The van der Waals surface area contributed by atoms with Gasteiger partial charge in [-0.25, -0.2) is 0 Å². The van der Waals surface area contributed by atoms with E-state index >= 15 is 0 Å². The molecule has 1 aliphatic heterocycles. The highest BCUT2D eigenvalue weighted by Gasteiger charge is 2.23. The Kier molecular flexibility index (Phi) is 3.06. The summed E-state index contributed by atoms with van der Waals surface area (Å²) in [5, 5.41) is 13.4. The number of benzene rings is 1. The number of nitrogens with zero attached hydrogens (tertiary/aromatic N) is 2. The number of aryl methyl sites for hydroxylation is 1. The van der Waals surface area contributed by atoms with E-state index in [1.807, 2.05) is 18.2 Å². The molecule has 2 heterocycles. The Balaban J connectivity index is 2.04. The minimum atomic E-state index is -0.0959. The van der Waals surface area contributed by atoms with E-state index in [0.717, 1.165) is 29.8 Å². The second kappa shape index (κ2) is 4.76. The van der Waals surface area contributed by atoms with Crippen LogP contribution in [0.1, 0.15) is 23.8 Å². The van der Waals surface area contributed by atoms with Gasteiger partial charge in [0.15, 0.2) is 0 Å². The smallest absolute Gasteiger partial charge is 0.223 e. The third-order valence-corrected chi connectivity index (χ3v) is 3.77. The number of carbonyl (C=O) groups excluding carboxylic acids is 1. The Morgan fingerprint density at radius 1 is 1.50 bits per heavy atom. The third-order valence-electron chi connectivity index (χ3n) is 3.77. The van der Waals surface area contributed by atoms with Crippen LogP contribution < -0.4 is 4.90 Å². The number of fused-ring (bicyclic) bond motifs is 1. The van der Waals surface area contributed by atoms with Crippen molar-refractivity contribution in [3.63, 3.8) is 0 Å². The van der Waals surface area contributed by atoms with Crippen molar-refractivity contribution in [3.05, 3.63) is 35.1 Å². The minimum absolute atomic E-state index is 0.0600.